The van der Waals surface area contributed by atoms with Crippen LogP contribution >= 0.6 is 0 Å². The molecule has 0 spiro atoms. The molecular formula is C38H42NOSi2+. The molecule has 6 rings (SSSR count). The molecule has 0 N–H and O–H groups in total. The number of nitrogens with zero attached hydrogens (tertiary/aromatic N) is 1. The predicted octanol–water partition coefficient (Wildman–Crippen LogP) is 9.12. The summed E-state index contributed by atoms with van der Waals surface area (Å²) in [4.78, 5) is 0. The Morgan fingerprint density at radius 3 is 2.07 bits per heavy atom. The van der Waals surface area contributed by atoms with E-state index >= 15 is 0 Å². The third-order valence-electron chi connectivity index (χ3n) is 8.49. The van der Waals surface area contributed by atoms with Crippen LogP contribution < -0.4 is 14.9 Å². The number of aromatic nitrogens is 1. The van der Waals surface area contributed by atoms with Crippen LogP contribution in [0.2, 0.25) is 39.3 Å². The smallest absolute Gasteiger partial charge is 0.216 e. The van der Waals surface area contributed by atoms with Gasteiger partial charge in [0, 0.05) is 26.1 Å². The highest BCUT2D eigenvalue weighted by molar-refractivity contribution is 6.89. The molecule has 0 fully saturated rings. The monoisotopic (exact) mass is 587 g/mol. The van der Waals surface area contributed by atoms with Crippen LogP contribution in [-0.2, 0) is 7.05 Å². The second-order valence-corrected chi connectivity index (χ2v) is 23.8. The number of pyridine rings is 1. The van der Waals surface area contributed by atoms with Gasteiger partial charge in [0.2, 0.25) is 5.69 Å². The highest BCUT2D eigenvalue weighted by Crippen LogP contribution is 2.39. The van der Waals surface area contributed by atoms with E-state index in [-0.39, 0.29) is 0 Å². The topological polar surface area (TPSA) is 17.0 Å². The van der Waals surface area contributed by atoms with Crippen molar-refractivity contribution in [1.29, 1.82) is 0 Å². The molecule has 0 aliphatic rings. The Balaban J connectivity index is 1.57. The van der Waals surface area contributed by atoms with Gasteiger partial charge in [0.15, 0.2) is 6.20 Å². The molecule has 6 aromatic rings. The van der Waals surface area contributed by atoms with Gasteiger partial charge in [-0.05, 0) is 59.3 Å². The van der Waals surface area contributed by atoms with Crippen LogP contribution in [0.1, 0.15) is 15.2 Å². The summed E-state index contributed by atoms with van der Waals surface area (Å²) < 4.78 is 33.8. The molecule has 0 radical (unpaired) electrons. The van der Waals surface area contributed by atoms with Gasteiger partial charge in [0.1, 0.15) is 18.2 Å². The summed E-state index contributed by atoms with van der Waals surface area (Å²) in [6.07, 6.45) is 2.22. The minimum atomic E-state index is -2.22. The Hall–Kier alpha value is -3.74. The minimum absolute atomic E-state index is 0.383. The third-order valence-corrected chi connectivity index (χ3v) is 12.6. The van der Waals surface area contributed by atoms with E-state index < -0.39 is 23.0 Å². The fourth-order valence-corrected chi connectivity index (χ4v) is 8.80. The molecule has 4 heteroatoms. The highest BCUT2D eigenvalue weighted by atomic mass is 28.3. The normalized spacial score (nSPS) is 13.8. The van der Waals surface area contributed by atoms with Gasteiger partial charge in [0.25, 0.3) is 0 Å². The fraction of sp³-hybridized carbons (Fsp3) is 0.237. The van der Waals surface area contributed by atoms with Crippen LogP contribution in [0.25, 0.3) is 55.4 Å². The summed E-state index contributed by atoms with van der Waals surface area (Å²) in [6, 6.07) is 29.5. The summed E-state index contributed by atoms with van der Waals surface area (Å²) >= 11 is 0. The van der Waals surface area contributed by atoms with E-state index in [4.69, 9.17) is 8.53 Å². The molecule has 2 nitrogen and oxygen atoms in total. The zero-order valence-corrected chi connectivity index (χ0v) is 28.0. The number of hydrogen-bond acceptors (Lipinski definition) is 1. The van der Waals surface area contributed by atoms with Gasteiger partial charge in [0.05, 0.1) is 21.7 Å². The first-order valence-electron chi connectivity index (χ1n) is 16.3. The Labute approximate surface area is 256 Å². The minimum Gasteiger partial charge on any atom is -0.455 e. The van der Waals surface area contributed by atoms with Crippen molar-refractivity contribution in [1.82, 2.24) is 0 Å². The summed E-state index contributed by atoms with van der Waals surface area (Å²) in [5, 5.41) is 4.84. The first-order valence-corrected chi connectivity index (χ1v) is 21.8. The Kier molecular flexibility index (Phi) is 6.04. The zero-order valence-electron chi connectivity index (χ0n) is 29.0. The molecule has 2 aromatic heterocycles. The zero-order chi connectivity index (χ0) is 32.5. The van der Waals surface area contributed by atoms with E-state index in [9.17, 15) is 0 Å². The lowest BCUT2D eigenvalue weighted by Gasteiger charge is -2.21. The van der Waals surface area contributed by atoms with E-state index in [0.29, 0.717) is 5.56 Å². The average Bonchev–Trinajstić information content (AvgIpc) is 3.34. The Morgan fingerprint density at radius 2 is 1.38 bits per heavy atom. The average molecular weight is 588 g/mol. The first-order chi connectivity index (χ1) is 21.0. The number of furan rings is 1. The van der Waals surface area contributed by atoms with Gasteiger partial charge >= 0.3 is 0 Å². The van der Waals surface area contributed by atoms with Crippen LogP contribution in [0.5, 0.6) is 0 Å². The fourth-order valence-electron chi connectivity index (χ4n) is 6.04. The quantitative estimate of drug-likeness (QED) is 0.145. The molecule has 212 valence electrons. The van der Waals surface area contributed by atoms with E-state index in [2.05, 4.69) is 125 Å². The summed E-state index contributed by atoms with van der Waals surface area (Å²) in [5.74, 6) is 0. The molecule has 0 saturated carbocycles. The lowest BCUT2D eigenvalue weighted by atomic mass is 9.96. The van der Waals surface area contributed by atoms with Crippen LogP contribution in [0.3, 0.4) is 0 Å². The third kappa shape index (κ3) is 4.97. The molecule has 0 atom stereocenters. The van der Waals surface area contributed by atoms with Crippen LogP contribution in [0.4, 0.5) is 0 Å². The van der Waals surface area contributed by atoms with Gasteiger partial charge < -0.3 is 4.42 Å². The van der Waals surface area contributed by atoms with E-state index in [0.717, 1.165) is 55.4 Å². The van der Waals surface area contributed by atoms with Gasteiger partial charge in [-0.25, -0.2) is 4.57 Å². The predicted molar refractivity (Wildman–Crippen MR) is 187 cm³/mol. The molecule has 0 saturated heterocycles. The molecule has 2 heterocycles. The maximum atomic E-state index is 8.30. The molecule has 0 amide bonds. The van der Waals surface area contributed by atoms with Crippen molar-refractivity contribution < 1.29 is 13.1 Å². The molecule has 0 aliphatic heterocycles. The van der Waals surface area contributed by atoms with Crippen molar-refractivity contribution in [3.05, 3.63) is 102 Å². The SMILES string of the molecule is [2H]C([2H])([2H])c1ccccc1-c1cc(-c2c(C)ccc3c2oc2cc(-c4ccc([Si](C)(C)C)cc4)ccc23)[n+](C)cc1[Si](C)(C)C. The van der Waals surface area contributed by atoms with Crippen molar-refractivity contribution in [2.24, 2.45) is 7.05 Å². The lowest BCUT2D eigenvalue weighted by Crippen LogP contribution is -2.46. The second-order valence-electron chi connectivity index (χ2n) is 13.7. The maximum absolute atomic E-state index is 8.30. The number of aryl methyl sites for hydroxylation is 3. The summed E-state index contributed by atoms with van der Waals surface area (Å²) in [6.45, 7) is 13.9. The molecule has 42 heavy (non-hydrogen) atoms. The molecule has 0 unspecified atom stereocenters. The number of hydrogen-bond donors (Lipinski definition) is 0. The highest BCUT2D eigenvalue weighted by Gasteiger charge is 2.29. The first kappa shape index (κ1) is 24.8. The number of fused-ring (bicyclic) bond motifs is 3. The summed E-state index contributed by atoms with van der Waals surface area (Å²) in [7, 11) is -1.16. The van der Waals surface area contributed by atoms with Gasteiger partial charge in [-0.15, -0.1) is 0 Å². The molecule has 4 aromatic carbocycles. The van der Waals surface area contributed by atoms with Crippen molar-refractivity contribution in [2.45, 2.75) is 53.1 Å². The Morgan fingerprint density at radius 1 is 0.690 bits per heavy atom. The maximum Gasteiger partial charge on any atom is 0.216 e. The number of benzene rings is 4. The summed E-state index contributed by atoms with van der Waals surface area (Å²) in [5.41, 5.74) is 9.31. The number of rotatable bonds is 5. The van der Waals surface area contributed by atoms with Gasteiger partial charge in [-0.2, -0.15) is 0 Å². The van der Waals surface area contributed by atoms with Gasteiger partial charge in [-0.1, -0.05) is 111 Å². The Bertz CT molecular complexity index is 2080. The molecular weight excluding hydrogens is 543 g/mol. The van der Waals surface area contributed by atoms with E-state index in [1.54, 1.807) is 6.07 Å². The van der Waals surface area contributed by atoms with Crippen LogP contribution in [0, 0.1) is 13.8 Å². The van der Waals surface area contributed by atoms with Crippen molar-refractivity contribution in [2.75, 3.05) is 0 Å². The second kappa shape index (κ2) is 10.2. The van der Waals surface area contributed by atoms with E-state index in [1.807, 2.05) is 18.2 Å². The molecule has 0 bridgehead atoms. The van der Waals surface area contributed by atoms with Gasteiger partial charge in [-0.3, -0.25) is 0 Å². The van der Waals surface area contributed by atoms with Crippen molar-refractivity contribution in [3.8, 4) is 33.5 Å². The van der Waals surface area contributed by atoms with E-state index in [1.165, 1.54) is 15.9 Å². The molecule has 0 aliphatic carbocycles. The standard InChI is InChI=1S/C38H42NOSi2/c1-25-12-10-11-13-30(25)33-23-34(39(3)24-36(33)42(7,8)9)37-26(2)14-20-32-31-21-17-28(22-35(31)40-38(32)37)27-15-18-29(19-16-27)41(4,5)6/h10-24H,1-9H3/q+1/i1D3. The largest absolute Gasteiger partial charge is 0.455 e. The van der Waals surface area contributed by atoms with Crippen LogP contribution in [-0.4, -0.2) is 16.1 Å². The lowest BCUT2D eigenvalue weighted by molar-refractivity contribution is -0.659. The van der Waals surface area contributed by atoms with Crippen molar-refractivity contribution >= 4 is 48.5 Å². The van der Waals surface area contributed by atoms with Crippen LogP contribution in [0.15, 0.2) is 95.5 Å². The van der Waals surface area contributed by atoms with Crippen molar-refractivity contribution in [3.63, 3.8) is 0 Å².